The molecule has 0 radical (unpaired) electrons. The lowest BCUT2D eigenvalue weighted by molar-refractivity contribution is 0.291. The lowest BCUT2D eigenvalue weighted by atomic mass is 10.1. The Morgan fingerprint density at radius 1 is 1.00 bits per heavy atom. The van der Waals surface area contributed by atoms with E-state index in [4.69, 9.17) is 9.47 Å². The number of rotatable bonds is 6. The van der Waals surface area contributed by atoms with E-state index in [-0.39, 0.29) is 24.4 Å². The van der Waals surface area contributed by atoms with Gasteiger partial charge in [0.1, 0.15) is 18.1 Å². The Labute approximate surface area is 174 Å². The third-order valence-electron chi connectivity index (χ3n) is 4.62. The number of pyridine rings is 1. The summed E-state index contributed by atoms with van der Waals surface area (Å²) in [6.45, 7) is 0.187. The summed E-state index contributed by atoms with van der Waals surface area (Å²) in [6.07, 6.45) is 1.60. The molecule has 0 aliphatic heterocycles. The van der Waals surface area contributed by atoms with Gasteiger partial charge in [0.2, 0.25) is 0 Å². The molecule has 0 aliphatic carbocycles. The van der Waals surface area contributed by atoms with Gasteiger partial charge in [-0.25, -0.2) is 17.9 Å². The lowest BCUT2D eigenvalue weighted by Crippen LogP contribution is -2.25. The molecule has 0 N–H and O–H groups in total. The van der Waals surface area contributed by atoms with Gasteiger partial charge >= 0.3 is 0 Å². The summed E-state index contributed by atoms with van der Waals surface area (Å²) in [5, 5.41) is 4.88. The smallest absolute Gasteiger partial charge is 0.266 e. The molecule has 0 fully saturated rings. The van der Waals surface area contributed by atoms with Gasteiger partial charge in [-0.1, -0.05) is 0 Å². The maximum atomic E-state index is 13.5. The summed E-state index contributed by atoms with van der Waals surface area (Å²) >= 11 is 0. The number of methoxy groups -OCH3 is 1. The monoisotopic (exact) mass is 427 g/mol. The van der Waals surface area contributed by atoms with Gasteiger partial charge in [-0.3, -0.25) is 9.78 Å². The van der Waals surface area contributed by atoms with Crippen LogP contribution >= 0.6 is 0 Å². The van der Waals surface area contributed by atoms with E-state index in [2.05, 4.69) is 10.1 Å². The minimum atomic E-state index is -1.56. The summed E-state index contributed by atoms with van der Waals surface area (Å²) in [4.78, 5) is 16.4. The second kappa shape index (κ2) is 8.47. The van der Waals surface area contributed by atoms with Gasteiger partial charge in [0.15, 0.2) is 17.5 Å². The van der Waals surface area contributed by atoms with Crippen LogP contribution in [-0.4, -0.2) is 28.5 Å². The largest absolute Gasteiger partial charge is 0.497 e. The second-order valence-corrected chi connectivity index (χ2v) is 6.57. The van der Waals surface area contributed by atoms with Crippen LogP contribution in [0.25, 0.3) is 22.2 Å². The Morgan fingerprint density at radius 3 is 2.52 bits per heavy atom. The number of ether oxygens (including phenoxy) is 2. The molecule has 0 atom stereocenters. The average Bonchev–Trinajstić information content (AvgIpc) is 2.78. The quantitative estimate of drug-likeness (QED) is 0.436. The van der Waals surface area contributed by atoms with Crippen LogP contribution < -0.4 is 15.0 Å². The molecular weight excluding hydrogens is 411 g/mol. The molecule has 0 amide bonds. The Balaban J connectivity index is 1.54. The molecule has 4 aromatic rings. The molecule has 9 heteroatoms. The van der Waals surface area contributed by atoms with Crippen LogP contribution in [0.5, 0.6) is 11.5 Å². The van der Waals surface area contributed by atoms with Crippen molar-refractivity contribution in [2.24, 2.45) is 0 Å². The van der Waals surface area contributed by atoms with Crippen LogP contribution in [0, 0.1) is 17.5 Å². The van der Waals surface area contributed by atoms with Crippen molar-refractivity contribution in [1.82, 2.24) is 14.8 Å². The summed E-state index contributed by atoms with van der Waals surface area (Å²) in [7, 11) is 1.56. The predicted octanol–water partition coefficient (Wildman–Crippen LogP) is 3.96. The van der Waals surface area contributed by atoms with Crippen LogP contribution in [-0.2, 0) is 6.54 Å². The molecule has 31 heavy (non-hydrogen) atoms. The molecular formula is C22H16F3N3O3. The normalized spacial score (nSPS) is 11.0. The molecule has 2 aromatic heterocycles. The Hall–Kier alpha value is -3.88. The van der Waals surface area contributed by atoms with Gasteiger partial charge < -0.3 is 9.47 Å². The summed E-state index contributed by atoms with van der Waals surface area (Å²) in [6, 6.07) is 11.3. The number of benzene rings is 2. The van der Waals surface area contributed by atoms with E-state index in [1.807, 2.05) is 6.07 Å². The zero-order valence-corrected chi connectivity index (χ0v) is 16.3. The zero-order chi connectivity index (χ0) is 22.0. The van der Waals surface area contributed by atoms with Gasteiger partial charge in [-0.05, 0) is 36.4 Å². The number of aromatic nitrogens is 3. The highest BCUT2D eigenvalue weighted by Crippen LogP contribution is 2.27. The van der Waals surface area contributed by atoms with E-state index >= 15 is 0 Å². The molecule has 0 spiro atoms. The Bertz CT molecular complexity index is 1300. The topological polar surface area (TPSA) is 66.2 Å². The first-order valence-electron chi connectivity index (χ1n) is 9.25. The zero-order valence-electron chi connectivity index (χ0n) is 16.3. The third kappa shape index (κ3) is 4.20. The number of hydrogen-bond acceptors (Lipinski definition) is 5. The highest BCUT2D eigenvalue weighted by Gasteiger charge is 2.13. The molecule has 0 unspecified atom stereocenters. The van der Waals surface area contributed by atoms with Crippen LogP contribution in [0.1, 0.15) is 0 Å². The van der Waals surface area contributed by atoms with Crippen LogP contribution in [0.15, 0.2) is 59.5 Å². The number of fused-ring (bicyclic) bond motifs is 1. The van der Waals surface area contributed by atoms with Crippen LogP contribution in [0.3, 0.4) is 0 Å². The fourth-order valence-electron chi connectivity index (χ4n) is 3.06. The fourth-order valence-corrected chi connectivity index (χ4v) is 3.06. The Kier molecular flexibility index (Phi) is 5.57. The van der Waals surface area contributed by atoms with Crippen molar-refractivity contribution in [3.05, 3.63) is 82.5 Å². The summed E-state index contributed by atoms with van der Waals surface area (Å²) < 4.78 is 52.4. The van der Waals surface area contributed by atoms with Gasteiger partial charge in [0, 0.05) is 29.3 Å². The lowest BCUT2D eigenvalue weighted by Gasteiger charge is -2.11. The first-order chi connectivity index (χ1) is 15.0. The minimum Gasteiger partial charge on any atom is -0.497 e. The first kappa shape index (κ1) is 20.4. The minimum absolute atomic E-state index is 0.0140. The van der Waals surface area contributed by atoms with Crippen molar-refractivity contribution in [3.63, 3.8) is 0 Å². The third-order valence-corrected chi connectivity index (χ3v) is 4.62. The number of hydrogen-bond donors (Lipinski definition) is 0. The van der Waals surface area contributed by atoms with E-state index < -0.39 is 23.0 Å². The molecule has 0 aliphatic rings. The van der Waals surface area contributed by atoms with Crippen molar-refractivity contribution < 1.29 is 22.6 Å². The summed E-state index contributed by atoms with van der Waals surface area (Å²) in [5.74, 6) is -3.00. The molecule has 2 heterocycles. The molecule has 0 bridgehead atoms. The first-order valence-corrected chi connectivity index (χ1v) is 9.25. The predicted molar refractivity (Wildman–Crippen MR) is 108 cm³/mol. The maximum absolute atomic E-state index is 13.5. The average molecular weight is 427 g/mol. The van der Waals surface area contributed by atoms with Crippen molar-refractivity contribution in [2.45, 2.75) is 6.54 Å². The highest BCUT2D eigenvalue weighted by atomic mass is 19.2. The highest BCUT2D eigenvalue weighted by molar-refractivity contribution is 5.85. The maximum Gasteiger partial charge on any atom is 0.266 e. The van der Waals surface area contributed by atoms with Crippen molar-refractivity contribution in [1.29, 1.82) is 0 Å². The van der Waals surface area contributed by atoms with Gasteiger partial charge in [-0.2, -0.15) is 5.10 Å². The van der Waals surface area contributed by atoms with Crippen molar-refractivity contribution >= 4 is 10.9 Å². The molecule has 0 saturated heterocycles. The standard InChI is InChI=1S/C22H16F3N3O3/c1-30-14-2-3-15-19(12-14)26-7-6-20(15)31-9-8-28-21(29)5-4-18(27-28)13-10-16(23)22(25)17(24)11-13/h2-7,10-12H,8-9H2,1H3. The van der Waals surface area contributed by atoms with Crippen LogP contribution in [0.4, 0.5) is 13.2 Å². The van der Waals surface area contributed by atoms with Crippen molar-refractivity contribution in [2.75, 3.05) is 13.7 Å². The van der Waals surface area contributed by atoms with Gasteiger partial charge in [0.05, 0.1) is 24.9 Å². The molecule has 158 valence electrons. The fraction of sp³-hybridized carbons (Fsp3) is 0.136. The van der Waals surface area contributed by atoms with Gasteiger partial charge in [-0.15, -0.1) is 0 Å². The number of nitrogens with zero attached hydrogens (tertiary/aromatic N) is 3. The van der Waals surface area contributed by atoms with E-state index in [1.54, 1.807) is 31.5 Å². The Morgan fingerprint density at radius 2 is 1.77 bits per heavy atom. The van der Waals surface area contributed by atoms with E-state index in [0.717, 1.165) is 22.2 Å². The number of halogens is 3. The summed E-state index contributed by atoms with van der Waals surface area (Å²) in [5.41, 5.74) is 0.410. The van der Waals surface area contributed by atoms with Gasteiger partial charge in [0.25, 0.3) is 5.56 Å². The van der Waals surface area contributed by atoms with E-state index in [1.165, 1.54) is 12.1 Å². The van der Waals surface area contributed by atoms with E-state index in [0.29, 0.717) is 17.0 Å². The van der Waals surface area contributed by atoms with Crippen LogP contribution in [0.2, 0.25) is 0 Å². The SMILES string of the molecule is COc1ccc2c(OCCn3nc(-c4cc(F)c(F)c(F)c4)ccc3=O)ccnc2c1. The van der Waals surface area contributed by atoms with E-state index in [9.17, 15) is 18.0 Å². The molecule has 6 nitrogen and oxygen atoms in total. The second-order valence-electron chi connectivity index (χ2n) is 6.57. The molecule has 0 saturated carbocycles. The molecule has 2 aromatic carbocycles. The van der Waals surface area contributed by atoms with Crippen molar-refractivity contribution in [3.8, 4) is 22.8 Å². The molecule has 4 rings (SSSR count).